The van der Waals surface area contributed by atoms with Gasteiger partial charge < -0.3 is 20.1 Å². The molecule has 5 nitrogen and oxygen atoms in total. The number of likely N-dealkylation sites (N-methyl/N-ethyl adjacent to an activating group) is 1. The average molecular weight is 381 g/mol. The summed E-state index contributed by atoms with van der Waals surface area (Å²) < 4.78 is 34.6. The maximum Gasteiger partial charge on any atom is 0.387 e. The summed E-state index contributed by atoms with van der Waals surface area (Å²) in [7, 11) is 1.66. The van der Waals surface area contributed by atoms with Crippen molar-refractivity contribution in [3.63, 3.8) is 0 Å². The van der Waals surface area contributed by atoms with Crippen LogP contribution in [-0.2, 0) is 11.3 Å². The van der Waals surface area contributed by atoms with Crippen LogP contribution in [0, 0.1) is 5.92 Å². The molecular weight excluding hydrogens is 354 g/mol. The third kappa shape index (κ3) is 7.88. The third-order valence-corrected chi connectivity index (χ3v) is 3.36. The maximum atomic E-state index is 12.4. The summed E-state index contributed by atoms with van der Waals surface area (Å²) >= 11 is 0. The Balaban J connectivity index is 0.00000576. The highest BCUT2D eigenvalue weighted by Crippen LogP contribution is 2.30. The van der Waals surface area contributed by atoms with Crippen molar-refractivity contribution in [3.05, 3.63) is 23.8 Å². The molecule has 1 rings (SSSR count). The second kappa shape index (κ2) is 11.1. The Kier molecular flexibility index (Phi) is 10.4. The van der Waals surface area contributed by atoms with E-state index in [-0.39, 0.29) is 29.8 Å². The van der Waals surface area contributed by atoms with Crippen molar-refractivity contribution in [1.29, 1.82) is 0 Å². The Hall–Kier alpha value is -1.60. The fourth-order valence-corrected chi connectivity index (χ4v) is 2.36. The number of carbonyl (C=O) groups excluding carboxylic acids is 1. The van der Waals surface area contributed by atoms with Crippen molar-refractivity contribution in [2.24, 2.45) is 11.7 Å². The van der Waals surface area contributed by atoms with Crippen molar-refractivity contribution in [2.75, 3.05) is 13.7 Å². The molecule has 25 heavy (non-hydrogen) atoms. The standard InChI is InChI=1S/C17H26F2N2O3.ClH/c1-5-23-15-9-12(6-7-14(15)24-17(18)19)10-21(4)16(22)13(20)8-11(2)3;/h6-7,9,11,13,17H,5,8,10,20H2,1-4H3;1H/t13-;/m0./s1. The molecule has 0 spiro atoms. The lowest BCUT2D eigenvalue weighted by Gasteiger charge is -2.23. The number of halogens is 3. The second-order valence-corrected chi connectivity index (χ2v) is 6.02. The van der Waals surface area contributed by atoms with Gasteiger partial charge in [-0.05, 0) is 37.0 Å². The zero-order chi connectivity index (χ0) is 18.3. The molecule has 2 N–H and O–H groups in total. The van der Waals surface area contributed by atoms with E-state index in [1.54, 1.807) is 26.1 Å². The van der Waals surface area contributed by atoms with E-state index in [9.17, 15) is 13.6 Å². The molecule has 0 saturated heterocycles. The number of carbonyl (C=O) groups is 1. The van der Waals surface area contributed by atoms with E-state index in [2.05, 4.69) is 4.74 Å². The van der Waals surface area contributed by atoms with Crippen LogP contribution in [0.4, 0.5) is 8.78 Å². The number of alkyl halides is 2. The SMILES string of the molecule is CCOc1cc(CN(C)C(=O)[C@@H](N)CC(C)C)ccc1OC(F)F.Cl. The first kappa shape index (κ1) is 23.4. The fourth-order valence-electron chi connectivity index (χ4n) is 2.36. The Morgan fingerprint density at radius 2 is 1.92 bits per heavy atom. The number of ether oxygens (including phenoxy) is 2. The lowest BCUT2D eigenvalue weighted by molar-refractivity contribution is -0.132. The van der Waals surface area contributed by atoms with Gasteiger partial charge in [0.15, 0.2) is 11.5 Å². The smallest absolute Gasteiger partial charge is 0.387 e. The number of nitrogens with two attached hydrogens (primary N) is 1. The molecule has 0 radical (unpaired) electrons. The summed E-state index contributed by atoms with van der Waals surface area (Å²) in [6.45, 7) is 3.45. The van der Waals surface area contributed by atoms with Crippen LogP contribution in [0.25, 0.3) is 0 Å². The fraction of sp³-hybridized carbons (Fsp3) is 0.588. The molecule has 1 amide bonds. The number of hydrogen-bond donors (Lipinski definition) is 1. The van der Waals surface area contributed by atoms with E-state index in [0.717, 1.165) is 5.56 Å². The van der Waals surface area contributed by atoms with Gasteiger partial charge in [-0.25, -0.2) is 0 Å². The molecule has 0 bridgehead atoms. The largest absolute Gasteiger partial charge is 0.490 e. The van der Waals surface area contributed by atoms with E-state index in [1.807, 2.05) is 13.8 Å². The van der Waals surface area contributed by atoms with Crippen LogP contribution < -0.4 is 15.2 Å². The van der Waals surface area contributed by atoms with Gasteiger partial charge in [-0.3, -0.25) is 4.79 Å². The van der Waals surface area contributed by atoms with Gasteiger partial charge in [-0.2, -0.15) is 8.78 Å². The summed E-state index contributed by atoms with van der Waals surface area (Å²) in [6, 6.07) is 4.08. The molecule has 1 aromatic carbocycles. The first-order chi connectivity index (χ1) is 11.2. The highest BCUT2D eigenvalue weighted by atomic mass is 35.5. The Labute approximate surface area is 153 Å². The predicted octanol–water partition coefficient (Wildman–Crippen LogP) is 3.44. The van der Waals surface area contributed by atoms with Crippen LogP contribution in [0.2, 0.25) is 0 Å². The topological polar surface area (TPSA) is 64.8 Å². The van der Waals surface area contributed by atoms with E-state index in [4.69, 9.17) is 10.5 Å². The molecule has 0 fully saturated rings. The first-order valence-electron chi connectivity index (χ1n) is 7.95. The van der Waals surface area contributed by atoms with Gasteiger partial charge in [0, 0.05) is 13.6 Å². The van der Waals surface area contributed by atoms with Gasteiger partial charge in [0.05, 0.1) is 12.6 Å². The second-order valence-electron chi connectivity index (χ2n) is 6.02. The molecular formula is C17H27ClF2N2O3. The minimum atomic E-state index is -2.92. The predicted molar refractivity (Wildman–Crippen MR) is 95.4 cm³/mol. The summed E-state index contributed by atoms with van der Waals surface area (Å²) in [4.78, 5) is 13.8. The molecule has 1 atom stereocenters. The highest BCUT2D eigenvalue weighted by Gasteiger charge is 2.20. The average Bonchev–Trinajstić information content (AvgIpc) is 2.48. The van der Waals surface area contributed by atoms with Crippen LogP contribution in [0.5, 0.6) is 11.5 Å². The number of nitrogens with zero attached hydrogens (tertiary/aromatic N) is 1. The van der Waals surface area contributed by atoms with Gasteiger partial charge in [0.2, 0.25) is 5.91 Å². The normalized spacial score (nSPS) is 11.9. The van der Waals surface area contributed by atoms with Crippen molar-refractivity contribution in [3.8, 4) is 11.5 Å². The minimum absolute atomic E-state index is 0. The third-order valence-electron chi connectivity index (χ3n) is 3.36. The molecule has 0 aliphatic carbocycles. The molecule has 0 saturated carbocycles. The molecule has 0 aromatic heterocycles. The number of amides is 1. The summed E-state index contributed by atoms with van der Waals surface area (Å²) in [5.74, 6) is 0.367. The van der Waals surface area contributed by atoms with Crippen molar-refractivity contribution < 1.29 is 23.0 Å². The Morgan fingerprint density at radius 1 is 1.28 bits per heavy atom. The number of hydrogen-bond acceptors (Lipinski definition) is 4. The van der Waals surface area contributed by atoms with Crippen LogP contribution in [0.1, 0.15) is 32.8 Å². The van der Waals surface area contributed by atoms with Crippen molar-refractivity contribution >= 4 is 18.3 Å². The number of rotatable bonds is 9. The van der Waals surface area contributed by atoms with Crippen molar-refractivity contribution in [1.82, 2.24) is 4.90 Å². The van der Waals surface area contributed by atoms with Gasteiger partial charge in [0.1, 0.15) is 0 Å². The Morgan fingerprint density at radius 3 is 2.44 bits per heavy atom. The van der Waals surface area contributed by atoms with Gasteiger partial charge in [-0.15, -0.1) is 12.4 Å². The van der Waals surface area contributed by atoms with E-state index in [1.165, 1.54) is 11.0 Å². The van der Waals surface area contributed by atoms with Crippen LogP contribution >= 0.6 is 12.4 Å². The van der Waals surface area contributed by atoms with Gasteiger partial charge in [0.25, 0.3) is 0 Å². The zero-order valence-electron chi connectivity index (χ0n) is 15.0. The monoisotopic (exact) mass is 380 g/mol. The zero-order valence-corrected chi connectivity index (χ0v) is 15.8. The molecule has 0 heterocycles. The number of benzene rings is 1. The molecule has 144 valence electrons. The summed E-state index contributed by atoms with van der Waals surface area (Å²) in [5, 5.41) is 0. The van der Waals surface area contributed by atoms with Gasteiger partial charge >= 0.3 is 6.61 Å². The molecule has 0 aliphatic rings. The summed E-state index contributed by atoms with van der Waals surface area (Å²) in [5.41, 5.74) is 6.65. The van der Waals surface area contributed by atoms with Crippen LogP contribution in [0.15, 0.2) is 18.2 Å². The Bertz CT molecular complexity index is 545. The molecule has 1 aromatic rings. The quantitative estimate of drug-likeness (QED) is 0.712. The first-order valence-corrected chi connectivity index (χ1v) is 7.95. The molecule has 0 aliphatic heterocycles. The van der Waals surface area contributed by atoms with Crippen molar-refractivity contribution in [2.45, 2.75) is 46.4 Å². The van der Waals surface area contributed by atoms with Crippen LogP contribution in [-0.4, -0.2) is 37.1 Å². The highest BCUT2D eigenvalue weighted by molar-refractivity contribution is 5.85. The lowest BCUT2D eigenvalue weighted by Crippen LogP contribution is -2.42. The van der Waals surface area contributed by atoms with Gasteiger partial charge in [-0.1, -0.05) is 19.9 Å². The maximum absolute atomic E-state index is 12.4. The van der Waals surface area contributed by atoms with E-state index < -0.39 is 12.7 Å². The lowest BCUT2D eigenvalue weighted by atomic mass is 10.0. The molecule has 0 unspecified atom stereocenters. The minimum Gasteiger partial charge on any atom is -0.490 e. The molecule has 8 heteroatoms. The van der Waals surface area contributed by atoms with Crippen LogP contribution in [0.3, 0.4) is 0 Å². The summed E-state index contributed by atoms with van der Waals surface area (Å²) in [6.07, 6.45) is 0.606. The van der Waals surface area contributed by atoms with E-state index >= 15 is 0 Å². The van der Waals surface area contributed by atoms with E-state index in [0.29, 0.717) is 25.5 Å².